The molecule has 0 aliphatic heterocycles. The average molecular weight is 354 g/mol. The fourth-order valence-electron chi connectivity index (χ4n) is 1.58. The van der Waals surface area contributed by atoms with E-state index in [1.807, 2.05) is 6.07 Å². The molecule has 0 saturated carbocycles. The van der Waals surface area contributed by atoms with E-state index in [9.17, 15) is 4.79 Å². The predicted molar refractivity (Wildman–Crippen MR) is 76.3 cm³/mol. The summed E-state index contributed by atoms with van der Waals surface area (Å²) in [6.07, 6.45) is 0. The first-order valence-electron chi connectivity index (χ1n) is 6.45. The molecule has 0 aromatic heterocycles. The van der Waals surface area contributed by atoms with Gasteiger partial charge in [0.15, 0.2) is 0 Å². The van der Waals surface area contributed by atoms with E-state index < -0.39 is 5.97 Å². The first-order chi connectivity index (χ1) is 10.3. The van der Waals surface area contributed by atoms with Crippen LogP contribution in [0.15, 0.2) is 54.6 Å². The summed E-state index contributed by atoms with van der Waals surface area (Å²) in [5.74, 6) is 0.921. The zero-order chi connectivity index (χ0) is 14.9. The predicted octanol–water partition coefficient (Wildman–Crippen LogP) is 2.86. The Morgan fingerprint density at radius 1 is 0.909 bits per heavy atom. The van der Waals surface area contributed by atoms with E-state index in [1.54, 1.807) is 55.6 Å². The van der Waals surface area contributed by atoms with Gasteiger partial charge in [-0.05, 0) is 36.4 Å². The Morgan fingerprint density at radius 2 is 1.55 bits per heavy atom. The molecule has 0 aliphatic rings. The number of hydrogen-bond donors (Lipinski definition) is 0. The van der Waals surface area contributed by atoms with Gasteiger partial charge in [0.1, 0.15) is 24.7 Å². The van der Waals surface area contributed by atoms with Crippen LogP contribution in [0.3, 0.4) is 0 Å². The van der Waals surface area contributed by atoms with Crippen LogP contribution >= 0.6 is 0 Å². The van der Waals surface area contributed by atoms with Crippen molar-refractivity contribution in [2.75, 3.05) is 20.3 Å². The molecule has 0 unspecified atom stereocenters. The van der Waals surface area contributed by atoms with Crippen LogP contribution < -0.4 is 9.47 Å². The zero-order valence-electron chi connectivity index (χ0n) is 12.4. The second-order valence-corrected chi connectivity index (χ2v) is 4.08. The Morgan fingerprint density at radius 3 is 2.18 bits per heavy atom. The van der Waals surface area contributed by atoms with Gasteiger partial charge in [0.2, 0.25) is 0 Å². The summed E-state index contributed by atoms with van der Waals surface area (Å²) in [6, 6.07) is 15.8. The van der Waals surface area contributed by atoms with Crippen molar-refractivity contribution in [3.8, 4) is 11.5 Å². The van der Waals surface area contributed by atoms with Crippen molar-refractivity contribution in [1.29, 1.82) is 0 Å². The summed E-state index contributed by atoms with van der Waals surface area (Å²) in [6.45, 7) is 0.416. The summed E-state index contributed by atoms with van der Waals surface area (Å²) in [7, 11) is 1.60. The van der Waals surface area contributed by atoms with Crippen molar-refractivity contribution < 1.29 is 43.5 Å². The van der Waals surface area contributed by atoms with Crippen molar-refractivity contribution in [3.05, 3.63) is 60.2 Å². The number of rotatable bonds is 7. The minimum atomic E-state index is -0.528. The van der Waals surface area contributed by atoms with Crippen molar-refractivity contribution in [2.24, 2.45) is 0 Å². The fraction of sp³-hybridized carbons (Fsp3) is 0.188. The number of ether oxygens (including phenoxy) is 2. The molecule has 0 amide bonds. The summed E-state index contributed by atoms with van der Waals surface area (Å²) in [5, 5.41) is 0. The van der Waals surface area contributed by atoms with Crippen LogP contribution in [-0.2, 0) is 29.3 Å². The van der Waals surface area contributed by atoms with E-state index in [2.05, 4.69) is 4.89 Å². The van der Waals surface area contributed by atoms with Gasteiger partial charge in [-0.1, -0.05) is 18.2 Å². The molecule has 0 bridgehead atoms. The monoisotopic (exact) mass is 352 g/mol. The van der Waals surface area contributed by atoms with Crippen molar-refractivity contribution in [2.45, 2.75) is 0 Å². The molecule has 0 aliphatic carbocycles. The second-order valence-electron chi connectivity index (χ2n) is 4.08. The second kappa shape index (κ2) is 9.93. The van der Waals surface area contributed by atoms with E-state index in [4.69, 9.17) is 14.4 Å². The molecule has 0 N–H and O–H groups in total. The first kappa shape index (κ1) is 18.1. The Bertz CT molecular complexity index is 557. The van der Waals surface area contributed by atoms with Crippen LogP contribution in [0, 0.1) is 0 Å². The molecule has 2 aromatic carbocycles. The minimum Gasteiger partial charge on any atom is -0.497 e. The van der Waals surface area contributed by atoms with E-state index in [0.29, 0.717) is 11.3 Å². The van der Waals surface area contributed by atoms with Crippen LogP contribution in [0.25, 0.3) is 0 Å². The molecule has 22 heavy (non-hydrogen) atoms. The molecule has 0 spiro atoms. The molecule has 0 radical (unpaired) electrons. The third kappa shape index (κ3) is 5.84. The maximum absolute atomic E-state index is 11.5. The van der Waals surface area contributed by atoms with Crippen molar-refractivity contribution in [1.82, 2.24) is 0 Å². The van der Waals surface area contributed by atoms with E-state index in [0.717, 1.165) is 5.75 Å². The number of carbonyl (C=O) groups excluding carboxylic acids is 1. The molecule has 112 valence electrons. The largest absolute Gasteiger partial charge is 0.497 e. The molecule has 0 saturated heterocycles. The molecular weight excluding hydrogens is 338 g/mol. The molecule has 0 atom stereocenters. The number of carbonyl (C=O) groups is 1. The average Bonchev–Trinajstić information content (AvgIpc) is 2.55. The zero-order valence-corrected chi connectivity index (χ0v) is 15.3. The van der Waals surface area contributed by atoms with Gasteiger partial charge in [0.05, 0.1) is 12.7 Å². The van der Waals surface area contributed by atoms with Gasteiger partial charge in [0.25, 0.3) is 0 Å². The van der Waals surface area contributed by atoms with E-state index in [1.165, 1.54) is 0 Å². The smallest absolute Gasteiger partial charge is 0.373 e. The topological polar surface area (TPSA) is 54.0 Å². The van der Waals surface area contributed by atoms with Gasteiger partial charge in [-0.2, -0.15) is 4.89 Å². The normalized spacial score (nSPS) is 9.50. The van der Waals surface area contributed by atoms with Gasteiger partial charge in [-0.15, -0.1) is 0 Å². The molecule has 0 heterocycles. The quantitative estimate of drug-likeness (QED) is 0.331. The van der Waals surface area contributed by atoms with Gasteiger partial charge in [-0.25, -0.2) is 4.79 Å². The van der Waals surface area contributed by atoms with Crippen LogP contribution in [0.2, 0.25) is 0 Å². The van der Waals surface area contributed by atoms with Gasteiger partial charge < -0.3 is 9.47 Å². The van der Waals surface area contributed by atoms with Crippen LogP contribution in [0.4, 0.5) is 0 Å². The molecule has 6 heteroatoms. The van der Waals surface area contributed by atoms with Crippen LogP contribution in [0.1, 0.15) is 10.4 Å². The van der Waals surface area contributed by atoms with E-state index >= 15 is 0 Å². The fourth-order valence-corrected chi connectivity index (χ4v) is 1.58. The molecule has 2 rings (SSSR count). The molecule has 0 fully saturated rings. The Labute approximate surface area is 141 Å². The summed E-state index contributed by atoms with van der Waals surface area (Å²) < 4.78 is 10.5. The Balaban J connectivity index is 0.00000242. The number of benzene rings is 2. The van der Waals surface area contributed by atoms with Gasteiger partial charge in [-0.3, -0.25) is 4.89 Å². The van der Waals surface area contributed by atoms with Crippen LogP contribution in [0.5, 0.6) is 11.5 Å². The van der Waals surface area contributed by atoms with E-state index in [-0.39, 0.29) is 32.7 Å². The summed E-state index contributed by atoms with van der Waals surface area (Å²) in [4.78, 5) is 21.0. The summed E-state index contributed by atoms with van der Waals surface area (Å²) >= 11 is 0. The third-order valence-electron chi connectivity index (χ3n) is 2.64. The van der Waals surface area contributed by atoms with Gasteiger partial charge >= 0.3 is 5.97 Å². The number of hydrogen-bond acceptors (Lipinski definition) is 5. The Kier molecular flexibility index (Phi) is 8.19. The summed E-state index contributed by atoms with van der Waals surface area (Å²) in [5.41, 5.74) is 0.438. The van der Waals surface area contributed by atoms with Crippen LogP contribution in [-0.4, -0.2) is 26.3 Å². The maximum Gasteiger partial charge on any atom is 0.373 e. The molecule has 2 aromatic rings. The van der Waals surface area contributed by atoms with Crippen molar-refractivity contribution in [3.63, 3.8) is 0 Å². The maximum atomic E-state index is 11.5. The minimum absolute atomic E-state index is 0. The third-order valence-corrected chi connectivity index (χ3v) is 2.64. The molecular formula is C16H16O5Zn. The number of methoxy groups -OCH3 is 1. The first-order valence-corrected chi connectivity index (χ1v) is 6.45. The van der Waals surface area contributed by atoms with Gasteiger partial charge in [0, 0.05) is 19.5 Å². The SMILES string of the molecule is COc1ccc(OCCOOC(=O)c2ccccc2)cc1.[Zn]. The Hall–Kier alpha value is -1.91. The van der Waals surface area contributed by atoms with Crippen molar-refractivity contribution >= 4 is 5.97 Å². The standard InChI is InChI=1S/C16H16O5.Zn/c1-18-14-7-9-15(10-8-14)19-11-12-20-21-16(17)13-5-3-2-4-6-13;/h2-10H,11-12H2,1H3;. The molecule has 5 nitrogen and oxygen atoms in total.